The minimum atomic E-state index is -3.55. The average Bonchev–Trinajstić information content (AvgIpc) is 2.45. The van der Waals surface area contributed by atoms with Crippen molar-refractivity contribution >= 4 is 39.4 Å². The number of benzene rings is 1. The van der Waals surface area contributed by atoms with Crippen molar-refractivity contribution in [3.8, 4) is 0 Å². The normalized spacial score (nSPS) is 12.2. The zero-order valence-corrected chi connectivity index (χ0v) is 14.0. The lowest BCUT2D eigenvalue weighted by molar-refractivity contribution is -0.128. The Hall–Kier alpha value is -2.13. The lowest BCUT2D eigenvalue weighted by Crippen LogP contribution is -2.39. The van der Waals surface area contributed by atoms with Gasteiger partial charge in [0.25, 0.3) is 5.91 Å². The minimum Gasteiger partial charge on any atom is -0.453 e. The monoisotopic (exact) mass is 363 g/mol. The number of carbonyl (C=O) groups excluding carboxylic acids is 3. The second-order valence-electron chi connectivity index (χ2n) is 4.44. The zero-order valence-electron chi connectivity index (χ0n) is 12.5. The Kier molecular flexibility index (Phi) is 6.11. The van der Waals surface area contributed by atoms with Gasteiger partial charge in [-0.3, -0.25) is 10.1 Å². The largest absolute Gasteiger partial charge is 0.453 e. The lowest BCUT2D eigenvalue weighted by Gasteiger charge is -2.13. The maximum Gasteiger partial charge on any atom is 0.413 e. The van der Waals surface area contributed by atoms with Crippen LogP contribution in [0.25, 0.3) is 0 Å². The molecule has 0 fully saturated rings. The zero-order chi connectivity index (χ0) is 17.8. The molecular weight excluding hydrogens is 350 g/mol. The number of amides is 2. The lowest BCUT2D eigenvalue weighted by atomic mass is 10.2. The van der Waals surface area contributed by atoms with Gasteiger partial charge >= 0.3 is 12.1 Å². The summed E-state index contributed by atoms with van der Waals surface area (Å²) < 4.78 is 32.1. The summed E-state index contributed by atoms with van der Waals surface area (Å²) >= 11 is 5.84. The van der Waals surface area contributed by atoms with Crippen molar-refractivity contribution in [3.63, 3.8) is 0 Å². The van der Waals surface area contributed by atoms with Crippen LogP contribution in [0.3, 0.4) is 0 Å². The third-order valence-electron chi connectivity index (χ3n) is 2.65. The van der Waals surface area contributed by atoms with E-state index in [2.05, 4.69) is 4.74 Å². The summed E-state index contributed by atoms with van der Waals surface area (Å²) in [5.41, 5.74) is -0.215. The molecule has 1 rings (SSSR count). The number of halogens is 1. The van der Waals surface area contributed by atoms with Crippen LogP contribution in [0.15, 0.2) is 23.1 Å². The molecule has 1 N–H and O–H groups in total. The predicted molar refractivity (Wildman–Crippen MR) is 80.0 cm³/mol. The number of hydrogen-bond donors (Lipinski definition) is 1. The van der Waals surface area contributed by atoms with Crippen molar-refractivity contribution in [2.75, 3.05) is 13.4 Å². The second kappa shape index (κ2) is 7.42. The first kappa shape index (κ1) is 18.9. The van der Waals surface area contributed by atoms with Crippen LogP contribution in [0.5, 0.6) is 0 Å². The molecule has 1 atom stereocenters. The van der Waals surface area contributed by atoms with Crippen molar-refractivity contribution in [2.24, 2.45) is 0 Å². The Morgan fingerprint density at radius 2 is 1.87 bits per heavy atom. The van der Waals surface area contributed by atoms with Crippen LogP contribution in [0.1, 0.15) is 17.3 Å². The van der Waals surface area contributed by atoms with Gasteiger partial charge in [0, 0.05) is 6.26 Å². The number of hydrogen-bond acceptors (Lipinski definition) is 7. The van der Waals surface area contributed by atoms with Gasteiger partial charge in [0.1, 0.15) is 0 Å². The summed E-state index contributed by atoms with van der Waals surface area (Å²) in [6.07, 6.45) is -1.35. The van der Waals surface area contributed by atoms with E-state index in [0.717, 1.165) is 19.4 Å². The smallest absolute Gasteiger partial charge is 0.413 e. The fraction of sp³-hybridized carbons (Fsp3) is 0.308. The molecule has 126 valence electrons. The molecule has 0 spiro atoms. The van der Waals surface area contributed by atoms with Gasteiger partial charge in [-0.05, 0) is 25.1 Å². The van der Waals surface area contributed by atoms with E-state index in [9.17, 15) is 22.8 Å². The quantitative estimate of drug-likeness (QED) is 0.798. The van der Waals surface area contributed by atoms with Crippen LogP contribution in [-0.4, -0.2) is 45.9 Å². The van der Waals surface area contributed by atoms with Gasteiger partial charge in [0.15, 0.2) is 15.9 Å². The molecule has 0 unspecified atom stereocenters. The van der Waals surface area contributed by atoms with Gasteiger partial charge in [0.05, 0.1) is 22.6 Å². The van der Waals surface area contributed by atoms with Crippen molar-refractivity contribution in [1.29, 1.82) is 0 Å². The summed E-state index contributed by atoms with van der Waals surface area (Å²) in [5.74, 6) is -1.91. The topological polar surface area (TPSA) is 116 Å². The highest BCUT2D eigenvalue weighted by Crippen LogP contribution is 2.21. The number of nitrogens with one attached hydrogen (secondary N) is 1. The van der Waals surface area contributed by atoms with Crippen molar-refractivity contribution in [1.82, 2.24) is 5.32 Å². The molecular formula is C13H14ClNO7S. The summed E-state index contributed by atoms with van der Waals surface area (Å²) in [5, 5.41) is 1.79. The highest BCUT2D eigenvalue weighted by Gasteiger charge is 2.23. The van der Waals surface area contributed by atoms with Crippen LogP contribution in [0.2, 0.25) is 5.02 Å². The van der Waals surface area contributed by atoms with Crippen molar-refractivity contribution in [2.45, 2.75) is 17.9 Å². The SMILES string of the molecule is COC(=O)NC(=O)[C@@H](C)OC(=O)c1cc(S(C)(=O)=O)ccc1Cl. The maximum absolute atomic E-state index is 12.0. The van der Waals surface area contributed by atoms with Crippen molar-refractivity contribution in [3.05, 3.63) is 28.8 Å². The first-order valence-electron chi connectivity index (χ1n) is 6.15. The number of sulfone groups is 1. The summed E-state index contributed by atoms with van der Waals surface area (Å²) in [6.45, 7) is 1.23. The van der Waals surface area contributed by atoms with Gasteiger partial charge < -0.3 is 9.47 Å². The number of esters is 1. The van der Waals surface area contributed by atoms with E-state index in [-0.39, 0.29) is 15.5 Å². The number of ether oxygens (including phenoxy) is 2. The molecule has 0 saturated heterocycles. The number of imide groups is 1. The molecule has 0 aromatic heterocycles. The highest BCUT2D eigenvalue weighted by atomic mass is 35.5. The van der Waals surface area contributed by atoms with Crippen LogP contribution in [0.4, 0.5) is 4.79 Å². The van der Waals surface area contributed by atoms with Crippen LogP contribution >= 0.6 is 11.6 Å². The number of rotatable bonds is 4. The summed E-state index contributed by atoms with van der Waals surface area (Å²) in [6, 6.07) is 3.51. The fourth-order valence-electron chi connectivity index (χ4n) is 1.42. The molecule has 1 aromatic carbocycles. The first-order valence-corrected chi connectivity index (χ1v) is 8.42. The highest BCUT2D eigenvalue weighted by molar-refractivity contribution is 7.90. The standard InChI is InChI=1S/C13H14ClNO7S/c1-7(11(16)15-13(18)21-2)22-12(17)9-6-8(23(3,19)20)4-5-10(9)14/h4-7H,1-3H3,(H,15,16,18)/t7-/m1/s1. The molecule has 0 aliphatic carbocycles. The van der Waals surface area contributed by atoms with E-state index in [0.29, 0.717) is 0 Å². The molecule has 0 aliphatic rings. The predicted octanol–water partition coefficient (Wildman–Crippen LogP) is 1.17. The Labute approximate surface area is 137 Å². The molecule has 8 nitrogen and oxygen atoms in total. The molecule has 0 heterocycles. The van der Waals surface area contributed by atoms with Gasteiger partial charge in [-0.25, -0.2) is 18.0 Å². The summed E-state index contributed by atoms with van der Waals surface area (Å²) in [4.78, 5) is 34.4. The van der Waals surface area contributed by atoms with Gasteiger partial charge in [-0.1, -0.05) is 11.6 Å². The van der Waals surface area contributed by atoms with Crippen LogP contribution in [-0.2, 0) is 24.1 Å². The Bertz CT molecular complexity index is 745. The third kappa shape index (κ3) is 5.22. The number of methoxy groups -OCH3 is 1. The second-order valence-corrected chi connectivity index (χ2v) is 6.87. The maximum atomic E-state index is 12.0. The Morgan fingerprint density at radius 1 is 1.26 bits per heavy atom. The van der Waals surface area contributed by atoms with E-state index >= 15 is 0 Å². The van der Waals surface area contributed by atoms with Gasteiger partial charge in [-0.15, -0.1) is 0 Å². The van der Waals surface area contributed by atoms with Crippen molar-refractivity contribution < 1.29 is 32.3 Å². The van der Waals surface area contributed by atoms with E-state index < -0.39 is 33.9 Å². The number of alkyl carbamates (subject to hydrolysis) is 1. The summed E-state index contributed by atoms with van der Waals surface area (Å²) in [7, 11) is -2.48. The Balaban J connectivity index is 2.94. The molecule has 23 heavy (non-hydrogen) atoms. The third-order valence-corrected chi connectivity index (χ3v) is 4.09. The van der Waals surface area contributed by atoms with Crippen LogP contribution < -0.4 is 5.32 Å². The van der Waals surface area contributed by atoms with Gasteiger partial charge in [0.2, 0.25) is 0 Å². The molecule has 10 heteroatoms. The van der Waals surface area contributed by atoms with Crippen LogP contribution in [0, 0.1) is 0 Å². The molecule has 2 amide bonds. The molecule has 0 aliphatic heterocycles. The minimum absolute atomic E-state index is 0.0389. The molecule has 0 radical (unpaired) electrons. The molecule has 1 aromatic rings. The molecule has 0 bridgehead atoms. The number of carbonyl (C=O) groups is 3. The Morgan fingerprint density at radius 3 is 2.39 bits per heavy atom. The first-order chi connectivity index (χ1) is 10.6. The van der Waals surface area contributed by atoms with Gasteiger partial charge in [-0.2, -0.15) is 0 Å². The average molecular weight is 364 g/mol. The van der Waals surface area contributed by atoms with E-state index in [1.807, 2.05) is 5.32 Å². The van der Waals surface area contributed by atoms with E-state index in [4.69, 9.17) is 16.3 Å². The fourth-order valence-corrected chi connectivity index (χ4v) is 2.26. The molecule has 0 saturated carbocycles. The van der Waals surface area contributed by atoms with E-state index in [1.165, 1.54) is 19.1 Å². The van der Waals surface area contributed by atoms with E-state index in [1.54, 1.807) is 0 Å².